The number of pyridine rings is 1. The van der Waals surface area contributed by atoms with E-state index in [1.165, 1.54) is 18.4 Å². The van der Waals surface area contributed by atoms with Gasteiger partial charge in [-0.25, -0.2) is 4.98 Å². The van der Waals surface area contributed by atoms with Crippen LogP contribution in [0.2, 0.25) is 0 Å². The van der Waals surface area contributed by atoms with E-state index in [1.54, 1.807) is 13.3 Å². The second-order valence-electron chi connectivity index (χ2n) is 5.20. The molecule has 1 saturated carbocycles. The van der Waals surface area contributed by atoms with Crippen LogP contribution in [0.4, 0.5) is 0 Å². The number of hydrogen-bond acceptors (Lipinski definition) is 3. The van der Waals surface area contributed by atoms with E-state index < -0.39 is 0 Å². The lowest BCUT2D eigenvalue weighted by Gasteiger charge is -2.20. The Hall–Kier alpha value is -1.61. The van der Waals surface area contributed by atoms with Gasteiger partial charge >= 0.3 is 0 Å². The molecule has 0 aliphatic heterocycles. The highest BCUT2D eigenvalue weighted by Gasteiger charge is 2.47. The Morgan fingerprint density at radius 3 is 2.72 bits per heavy atom. The number of methoxy groups -OCH3 is 1. The summed E-state index contributed by atoms with van der Waals surface area (Å²) < 4.78 is 5.33. The predicted molar refractivity (Wildman–Crippen MR) is 72.9 cm³/mol. The Bertz CT molecular complexity index is 588. The van der Waals surface area contributed by atoms with E-state index in [0.29, 0.717) is 5.88 Å². The number of ether oxygens (including phenoxy) is 1. The summed E-state index contributed by atoms with van der Waals surface area (Å²) in [6.45, 7) is 2.09. The number of nitrogens with zero attached hydrogens (tertiary/aromatic N) is 1. The first-order valence-electron chi connectivity index (χ1n) is 6.36. The number of benzene rings is 1. The zero-order chi connectivity index (χ0) is 12.8. The largest absolute Gasteiger partial charge is 0.481 e. The average Bonchev–Trinajstić information content (AvgIpc) is 3.19. The van der Waals surface area contributed by atoms with Crippen LogP contribution < -0.4 is 10.5 Å². The van der Waals surface area contributed by atoms with Crippen LogP contribution in [-0.2, 0) is 5.41 Å². The van der Waals surface area contributed by atoms with Crippen LogP contribution in [0.5, 0.6) is 5.88 Å². The van der Waals surface area contributed by atoms with Crippen molar-refractivity contribution in [3.8, 4) is 5.88 Å². The molecule has 0 spiro atoms. The van der Waals surface area contributed by atoms with Crippen LogP contribution in [-0.4, -0.2) is 18.1 Å². The minimum Gasteiger partial charge on any atom is -0.481 e. The maximum absolute atomic E-state index is 6.13. The van der Waals surface area contributed by atoms with Crippen molar-refractivity contribution < 1.29 is 4.74 Å². The molecular formula is C15H18N2O. The molecule has 1 aliphatic carbocycles. The molecule has 0 saturated heterocycles. The van der Waals surface area contributed by atoms with Crippen molar-refractivity contribution in [2.75, 3.05) is 7.11 Å². The Morgan fingerprint density at radius 2 is 2.11 bits per heavy atom. The van der Waals surface area contributed by atoms with Crippen LogP contribution in [0.25, 0.3) is 10.8 Å². The quantitative estimate of drug-likeness (QED) is 0.900. The molecule has 1 aromatic carbocycles. The van der Waals surface area contributed by atoms with Gasteiger partial charge in [-0.2, -0.15) is 0 Å². The monoisotopic (exact) mass is 242 g/mol. The molecule has 1 aromatic heterocycles. The number of hydrogen-bond donors (Lipinski definition) is 1. The lowest BCUT2D eigenvalue weighted by molar-refractivity contribution is 0.403. The van der Waals surface area contributed by atoms with Gasteiger partial charge in [-0.1, -0.05) is 12.1 Å². The van der Waals surface area contributed by atoms with Crippen molar-refractivity contribution in [2.45, 2.75) is 31.2 Å². The van der Waals surface area contributed by atoms with Crippen LogP contribution >= 0.6 is 0 Å². The van der Waals surface area contributed by atoms with E-state index in [1.807, 2.05) is 6.07 Å². The summed E-state index contributed by atoms with van der Waals surface area (Å²) >= 11 is 0. The second kappa shape index (κ2) is 3.95. The van der Waals surface area contributed by atoms with Gasteiger partial charge in [-0.05, 0) is 42.8 Å². The van der Waals surface area contributed by atoms with Gasteiger partial charge in [-0.15, -0.1) is 0 Å². The number of rotatable bonds is 3. The molecule has 1 heterocycles. The molecule has 3 rings (SSSR count). The third kappa shape index (κ3) is 1.58. The van der Waals surface area contributed by atoms with Crippen molar-refractivity contribution in [1.82, 2.24) is 4.98 Å². The summed E-state index contributed by atoms with van der Waals surface area (Å²) in [7, 11) is 1.66. The Labute approximate surface area is 107 Å². The van der Waals surface area contributed by atoms with E-state index in [2.05, 4.69) is 30.1 Å². The molecule has 0 amide bonds. The first-order valence-corrected chi connectivity index (χ1v) is 6.36. The van der Waals surface area contributed by atoms with Gasteiger partial charge in [0.2, 0.25) is 5.88 Å². The molecular weight excluding hydrogens is 224 g/mol. The molecule has 1 atom stereocenters. The summed E-state index contributed by atoms with van der Waals surface area (Å²) in [6, 6.07) is 8.72. The van der Waals surface area contributed by atoms with E-state index in [4.69, 9.17) is 10.5 Å². The van der Waals surface area contributed by atoms with Gasteiger partial charge in [0.25, 0.3) is 0 Å². The summed E-state index contributed by atoms with van der Waals surface area (Å²) in [5, 5.41) is 2.23. The van der Waals surface area contributed by atoms with E-state index >= 15 is 0 Å². The summed E-state index contributed by atoms with van der Waals surface area (Å²) in [4.78, 5) is 4.26. The first-order chi connectivity index (χ1) is 8.67. The summed E-state index contributed by atoms with van der Waals surface area (Å²) in [6.07, 6.45) is 4.14. The minimum absolute atomic E-state index is 0.176. The van der Waals surface area contributed by atoms with Gasteiger partial charge in [0.05, 0.1) is 7.11 Å². The van der Waals surface area contributed by atoms with Gasteiger partial charge < -0.3 is 10.5 Å². The lowest BCUT2D eigenvalue weighted by atomic mass is 9.88. The molecule has 3 nitrogen and oxygen atoms in total. The standard InChI is InChI=1S/C15H18N2O/c1-10(16)15(6-7-15)12-4-3-11-5-8-17-14(18-2)13(11)9-12/h3-5,8-10H,6-7,16H2,1-2H3. The fourth-order valence-corrected chi connectivity index (χ4v) is 2.76. The molecule has 18 heavy (non-hydrogen) atoms. The van der Waals surface area contributed by atoms with Crippen molar-refractivity contribution in [3.05, 3.63) is 36.0 Å². The molecule has 2 N–H and O–H groups in total. The van der Waals surface area contributed by atoms with Crippen molar-refractivity contribution in [3.63, 3.8) is 0 Å². The zero-order valence-electron chi connectivity index (χ0n) is 10.8. The molecule has 1 aliphatic rings. The molecule has 2 aromatic rings. The fourth-order valence-electron chi connectivity index (χ4n) is 2.76. The molecule has 1 fully saturated rings. The summed E-state index contributed by atoms with van der Waals surface area (Å²) in [5.41, 5.74) is 7.62. The number of nitrogens with two attached hydrogens (primary N) is 1. The van der Waals surface area contributed by atoms with E-state index in [0.717, 1.165) is 10.8 Å². The van der Waals surface area contributed by atoms with Crippen molar-refractivity contribution in [1.29, 1.82) is 0 Å². The van der Waals surface area contributed by atoms with Crippen LogP contribution in [0.3, 0.4) is 0 Å². The molecule has 1 unspecified atom stereocenters. The topological polar surface area (TPSA) is 48.1 Å². The van der Waals surface area contributed by atoms with Gasteiger partial charge in [0.15, 0.2) is 0 Å². The van der Waals surface area contributed by atoms with Gasteiger partial charge in [0.1, 0.15) is 0 Å². The third-order valence-electron chi connectivity index (χ3n) is 4.16. The first kappa shape index (κ1) is 11.5. The normalized spacial score (nSPS) is 18.6. The van der Waals surface area contributed by atoms with Crippen LogP contribution in [0.15, 0.2) is 30.5 Å². The Morgan fingerprint density at radius 1 is 1.33 bits per heavy atom. The van der Waals surface area contributed by atoms with Crippen molar-refractivity contribution >= 4 is 10.8 Å². The van der Waals surface area contributed by atoms with Crippen LogP contribution in [0.1, 0.15) is 25.3 Å². The predicted octanol–water partition coefficient (Wildman–Crippen LogP) is 2.62. The Balaban J connectivity index is 2.16. The Kier molecular flexibility index (Phi) is 2.52. The maximum atomic E-state index is 6.13. The average molecular weight is 242 g/mol. The molecule has 94 valence electrons. The lowest BCUT2D eigenvalue weighted by Crippen LogP contribution is -2.31. The smallest absolute Gasteiger partial charge is 0.221 e. The highest BCUT2D eigenvalue weighted by molar-refractivity contribution is 5.87. The molecule has 0 radical (unpaired) electrons. The maximum Gasteiger partial charge on any atom is 0.221 e. The highest BCUT2D eigenvalue weighted by atomic mass is 16.5. The minimum atomic E-state index is 0.176. The van der Waals surface area contributed by atoms with E-state index in [-0.39, 0.29) is 11.5 Å². The van der Waals surface area contributed by atoms with Gasteiger partial charge in [-0.3, -0.25) is 0 Å². The second-order valence-corrected chi connectivity index (χ2v) is 5.20. The highest BCUT2D eigenvalue weighted by Crippen LogP contribution is 2.51. The van der Waals surface area contributed by atoms with Crippen LogP contribution in [0, 0.1) is 0 Å². The third-order valence-corrected chi connectivity index (χ3v) is 4.16. The van der Waals surface area contributed by atoms with E-state index in [9.17, 15) is 0 Å². The van der Waals surface area contributed by atoms with Gasteiger partial charge in [0, 0.05) is 23.0 Å². The zero-order valence-corrected chi connectivity index (χ0v) is 10.8. The SMILES string of the molecule is COc1nccc2ccc(C3(C(C)N)CC3)cc12. The molecule has 0 bridgehead atoms. The number of aromatic nitrogens is 1. The summed E-state index contributed by atoms with van der Waals surface area (Å²) in [5.74, 6) is 0.690. The number of fused-ring (bicyclic) bond motifs is 1. The fraction of sp³-hybridized carbons (Fsp3) is 0.400. The van der Waals surface area contributed by atoms with Crippen molar-refractivity contribution in [2.24, 2.45) is 5.73 Å². The molecule has 3 heteroatoms.